The number of benzene rings is 2. The fourth-order valence-corrected chi connectivity index (χ4v) is 3.45. The molecule has 106 valence electrons. The Bertz CT molecular complexity index is 607. The predicted molar refractivity (Wildman–Crippen MR) is 87.7 cm³/mol. The van der Waals surface area contributed by atoms with Crippen molar-refractivity contribution in [2.75, 3.05) is 19.9 Å². The zero-order valence-corrected chi connectivity index (χ0v) is 12.9. The molecule has 0 bridgehead atoms. The number of methoxy groups -OCH3 is 1. The van der Waals surface area contributed by atoms with Gasteiger partial charge in [0, 0.05) is 23.4 Å². The Balaban J connectivity index is 1.81. The molecule has 1 saturated carbocycles. The summed E-state index contributed by atoms with van der Waals surface area (Å²) < 4.78 is 6.03. The van der Waals surface area contributed by atoms with Gasteiger partial charge in [-0.2, -0.15) is 11.8 Å². The summed E-state index contributed by atoms with van der Waals surface area (Å²) >= 11 is 1.99. The molecule has 2 aromatic rings. The average molecular weight is 287 g/mol. The van der Waals surface area contributed by atoms with E-state index in [0.29, 0.717) is 4.75 Å². The Morgan fingerprint density at radius 3 is 2.70 bits per heavy atom. The number of fused-ring (bicyclic) bond motifs is 1. The molecule has 1 aliphatic rings. The summed E-state index contributed by atoms with van der Waals surface area (Å²) in [4.78, 5) is 0. The first-order valence-corrected chi connectivity index (χ1v) is 8.31. The molecule has 0 aliphatic heterocycles. The van der Waals surface area contributed by atoms with Crippen LogP contribution in [-0.2, 0) is 6.54 Å². The fourth-order valence-electron chi connectivity index (χ4n) is 2.70. The lowest BCUT2D eigenvalue weighted by Gasteiger charge is -2.16. The number of rotatable bonds is 6. The quantitative estimate of drug-likeness (QED) is 0.872. The molecular weight excluding hydrogens is 266 g/mol. The van der Waals surface area contributed by atoms with E-state index in [1.165, 1.54) is 29.2 Å². The molecular formula is C17H21NOS. The smallest absolute Gasteiger partial charge is 0.123 e. The van der Waals surface area contributed by atoms with Crippen LogP contribution in [0.25, 0.3) is 10.8 Å². The molecule has 20 heavy (non-hydrogen) atoms. The average Bonchev–Trinajstić information content (AvgIpc) is 3.28. The van der Waals surface area contributed by atoms with Crippen LogP contribution >= 0.6 is 11.8 Å². The number of thioether (sulfide) groups is 1. The Morgan fingerprint density at radius 1 is 1.20 bits per heavy atom. The van der Waals surface area contributed by atoms with Crippen molar-refractivity contribution in [2.45, 2.75) is 24.1 Å². The highest BCUT2D eigenvalue weighted by atomic mass is 32.2. The summed E-state index contributed by atoms with van der Waals surface area (Å²) in [5.41, 5.74) is 1.27. The third-order valence-electron chi connectivity index (χ3n) is 4.21. The largest absolute Gasteiger partial charge is 0.496 e. The van der Waals surface area contributed by atoms with Crippen LogP contribution in [0.2, 0.25) is 0 Å². The maximum Gasteiger partial charge on any atom is 0.123 e. The van der Waals surface area contributed by atoms with Gasteiger partial charge in [-0.15, -0.1) is 0 Å². The van der Waals surface area contributed by atoms with E-state index in [9.17, 15) is 0 Å². The van der Waals surface area contributed by atoms with Crippen LogP contribution in [0.4, 0.5) is 0 Å². The Hall–Kier alpha value is -1.19. The first-order chi connectivity index (χ1) is 9.78. The van der Waals surface area contributed by atoms with Crippen molar-refractivity contribution in [2.24, 2.45) is 0 Å². The highest BCUT2D eigenvalue weighted by Gasteiger charge is 2.41. The van der Waals surface area contributed by atoms with Crippen molar-refractivity contribution in [3.63, 3.8) is 0 Å². The predicted octanol–water partition coefficient (Wildman–Crippen LogP) is 3.83. The SMILES string of the molecule is COc1ccc2ccccc2c1CNCC1(SC)CC1. The molecule has 0 amide bonds. The van der Waals surface area contributed by atoms with Gasteiger partial charge in [0.15, 0.2) is 0 Å². The summed E-state index contributed by atoms with van der Waals surface area (Å²) in [5.74, 6) is 0.977. The van der Waals surface area contributed by atoms with Crippen LogP contribution in [-0.4, -0.2) is 24.7 Å². The first kappa shape index (κ1) is 13.8. The molecule has 1 N–H and O–H groups in total. The second-order valence-electron chi connectivity index (χ2n) is 5.46. The van der Waals surface area contributed by atoms with Crippen molar-refractivity contribution >= 4 is 22.5 Å². The Kier molecular flexibility index (Phi) is 3.90. The molecule has 3 rings (SSSR count). The summed E-state index contributed by atoms with van der Waals surface area (Å²) in [7, 11) is 1.75. The van der Waals surface area contributed by atoms with E-state index in [-0.39, 0.29) is 0 Å². The van der Waals surface area contributed by atoms with Crippen molar-refractivity contribution in [3.8, 4) is 5.75 Å². The molecule has 0 heterocycles. The van der Waals surface area contributed by atoms with Crippen LogP contribution < -0.4 is 10.1 Å². The van der Waals surface area contributed by atoms with E-state index >= 15 is 0 Å². The number of ether oxygens (including phenoxy) is 1. The van der Waals surface area contributed by atoms with Crippen LogP contribution in [0.5, 0.6) is 5.75 Å². The Morgan fingerprint density at radius 2 is 2.00 bits per heavy atom. The van der Waals surface area contributed by atoms with Gasteiger partial charge in [-0.1, -0.05) is 30.3 Å². The van der Waals surface area contributed by atoms with Gasteiger partial charge in [-0.3, -0.25) is 0 Å². The standard InChI is InChI=1S/C17H21NOS/c1-19-16-8-7-13-5-3-4-6-14(13)15(16)11-18-12-17(20-2)9-10-17/h3-8,18H,9-12H2,1-2H3. The van der Waals surface area contributed by atoms with Gasteiger partial charge in [-0.05, 0) is 35.9 Å². The van der Waals surface area contributed by atoms with Crippen molar-refractivity contribution in [1.82, 2.24) is 5.32 Å². The maximum atomic E-state index is 5.53. The third-order valence-corrected chi connectivity index (χ3v) is 5.63. The van der Waals surface area contributed by atoms with Gasteiger partial charge < -0.3 is 10.1 Å². The molecule has 2 nitrogen and oxygen atoms in total. The van der Waals surface area contributed by atoms with Gasteiger partial charge in [0.05, 0.1) is 7.11 Å². The topological polar surface area (TPSA) is 21.3 Å². The minimum atomic E-state index is 0.498. The number of hydrogen-bond donors (Lipinski definition) is 1. The van der Waals surface area contributed by atoms with Crippen molar-refractivity contribution in [3.05, 3.63) is 42.0 Å². The summed E-state index contributed by atoms with van der Waals surface area (Å²) in [5, 5.41) is 6.18. The highest BCUT2D eigenvalue weighted by Crippen LogP contribution is 2.46. The molecule has 0 spiro atoms. The monoisotopic (exact) mass is 287 g/mol. The van der Waals surface area contributed by atoms with E-state index in [4.69, 9.17) is 4.74 Å². The van der Waals surface area contributed by atoms with Crippen molar-refractivity contribution in [1.29, 1.82) is 0 Å². The third kappa shape index (κ3) is 2.65. The second-order valence-corrected chi connectivity index (χ2v) is 6.73. The van der Waals surface area contributed by atoms with Crippen LogP contribution in [0, 0.1) is 0 Å². The lowest BCUT2D eigenvalue weighted by molar-refractivity contribution is 0.408. The molecule has 3 heteroatoms. The highest BCUT2D eigenvalue weighted by molar-refractivity contribution is 8.00. The molecule has 1 aliphatic carbocycles. The van der Waals surface area contributed by atoms with Crippen LogP contribution in [0.15, 0.2) is 36.4 Å². The zero-order valence-electron chi connectivity index (χ0n) is 12.1. The molecule has 0 saturated heterocycles. The van der Waals surface area contributed by atoms with Gasteiger partial charge in [-0.25, -0.2) is 0 Å². The molecule has 1 fully saturated rings. The minimum Gasteiger partial charge on any atom is -0.496 e. The lowest BCUT2D eigenvalue weighted by atomic mass is 10.0. The zero-order chi connectivity index (χ0) is 14.0. The number of hydrogen-bond acceptors (Lipinski definition) is 3. The lowest BCUT2D eigenvalue weighted by Crippen LogP contribution is -2.25. The van der Waals surface area contributed by atoms with Crippen molar-refractivity contribution < 1.29 is 4.74 Å². The number of nitrogens with one attached hydrogen (secondary N) is 1. The fraction of sp³-hybridized carbons (Fsp3) is 0.412. The van der Waals surface area contributed by atoms with Gasteiger partial charge >= 0.3 is 0 Å². The molecule has 0 unspecified atom stereocenters. The Labute approximate surface area is 124 Å². The van der Waals surface area contributed by atoms with Crippen LogP contribution in [0.3, 0.4) is 0 Å². The summed E-state index contributed by atoms with van der Waals surface area (Å²) in [6, 6.07) is 12.7. The van der Waals surface area contributed by atoms with E-state index in [1.807, 2.05) is 11.8 Å². The summed E-state index contributed by atoms with van der Waals surface area (Å²) in [6.45, 7) is 1.95. The van der Waals surface area contributed by atoms with Crippen LogP contribution in [0.1, 0.15) is 18.4 Å². The molecule has 2 aromatic carbocycles. The van der Waals surface area contributed by atoms with Gasteiger partial charge in [0.1, 0.15) is 5.75 Å². The van der Waals surface area contributed by atoms with E-state index in [1.54, 1.807) is 7.11 Å². The van der Waals surface area contributed by atoms with E-state index in [0.717, 1.165) is 18.8 Å². The van der Waals surface area contributed by atoms with E-state index in [2.05, 4.69) is 48.0 Å². The minimum absolute atomic E-state index is 0.498. The first-order valence-electron chi connectivity index (χ1n) is 7.08. The normalized spacial score (nSPS) is 16.3. The maximum absolute atomic E-state index is 5.53. The van der Waals surface area contributed by atoms with Gasteiger partial charge in [0.25, 0.3) is 0 Å². The van der Waals surface area contributed by atoms with E-state index < -0.39 is 0 Å². The summed E-state index contributed by atoms with van der Waals surface area (Å²) in [6.07, 6.45) is 4.90. The van der Waals surface area contributed by atoms with Gasteiger partial charge in [0.2, 0.25) is 0 Å². The second kappa shape index (κ2) is 5.66. The molecule has 0 aromatic heterocycles. The molecule has 0 atom stereocenters. The molecule has 0 radical (unpaired) electrons.